The number of ether oxygens (including phenoxy) is 2. The van der Waals surface area contributed by atoms with Crippen LogP contribution in [0, 0.1) is 140 Å². The lowest BCUT2D eigenvalue weighted by Gasteiger charge is -2.36. The molecule has 2 nitrogen and oxygen atoms in total. The van der Waals surface area contributed by atoms with Gasteiger partial charge in [0.05, 0.1) is 13.2 Å². The van der Waals surface area contributed by atoms with Crippen molar-refractivity contribution in [3.63, 3.8) is 0 Å². The van der Waals surface area contributed by atoms with Crippen molar-refractivity contribution in [2.75, 3.05) is 14.2 Å². The maximum atomic E-state index is 12.7. The Kier molecular flexibility index (Phi) is 50.1. The highest BCUT2D eigenvalue weighted by molar-refractivity contribution is 5.65. The highest BCUT2D eigenvalue weighted by atomic mass is 19.1. The van der Waals surface area contributed by atoms with Crippen molar-refractivity contribution in [2.24, 2.45) is 107 Å². The molecule has 7 aromatic rings. The molecule has 0 saturated heterocycles. The van der Waals surface area contributed by atoms with E-state index in [0.717, 1.165) is 137 Å². The van der Waals surface area contributed by atoms with Gasteiger partial charge in [0.15, 0.2) is 0 Å². The quantitative estimate of drug-likeness (QED) is 0.0898. The van der Waals surface area contributed by atoms with Gasteiger partial charge in [-0.05, 0) is 427 Å². The Hall–Kier alpha value is -6.55. The number of halogens is 1. The Labute approximate surface area is 830 Å². The van der Waals surface area contributed by atoms with Gasteiger partial charge in [-0.15, -0.1) is 6.58 Å². The lowest BCUT2D eigenvalue weighted by molar-refractivity contribution is 0.0399. The van der Waals surface area contributed by atoms with Crippen molar-refractivity contribution < 1.29 is 13.9 Å². The molecule has 135 heavy (non-hydrogen) atoms. The molecule has 18 rings (SSSR count). The SMILES string of the molecule is C/C=C/C1CCC(C2CCC(C)CC2)CC1.C/C=C/CCc1ccc(-c2ccc(C)cc2)cc1.C=CC1CCC(C2CCC(C)CC2)CC1.CC1CCC(C2CCC(C)CC2)CC1.CC1CCC(c2ccc(F)cc2)CC1.COC1CCC(C2CCC(C)CC2)CC1.COc1ccc(C2CCC(C)CC2)cc1.Cc1ccc(-c2ccc(C)cc2)cc1.Cc1ccc(C2CCC(C)CC2)cc1. The molecule has 11 saturated carbocycles. The molecule has 11 aliphatic rings. The van der Waals surface area contributed by atoms with E-state index in [-0.39, 0.29) is 5.82 Å². The van der Waals surface area contributed by atoms with Gasteiger partial charge in [0.25, 0.3) is 0 Å². The van der Waals surface area contributed by atoms with Crippen molar-refractivity contribution in [1.29, 1.82) is 0 Å². The summed E-state index contributed by atoms with van der Waals surface area (Å²) in [5.74, 6) is 21.3. The monoisotopic (exact) mass is 1830 g/mol. The van der Waals surface area contributed by atoms with Crippen molar-refractivity contribution in [3.05, 3.63) is 257 Å². The van der Waals surface area contributed by atoms with Crippen LogP contribution in [-0.4, -0.2) is 20.3 Å². The fourth-order valence-electron chi connectivity index (χ4n) is 25.3. The predicted molar refractivity (Wildman–Crippen MR) is 587 cm³/mol. The Morgan fingerprint density at radius 2 is 0.511 bits per heavy atom. The van der Waals surface area contributed by atoms with Gasteiger partial charge in [-0.2, -0.15) is 0 Å². The summed E-state index contributed by atoms with van der Waals surface area (Å²) in [5, 5.41) is 0. The number of allylic oxidation sites excluding steroid dienone is 5. The third kappa shape index (κ3) is 40.2. The number of hydrogen-bond acceptors (Lipinski definition) is 2. The molecule has 0 N–H and O–H groups in total. The molecule has 0 radical (unpaired) electrons. The molecule has 0 unspecified atom stereocenters. The van der Waals surface area contributed by atoms with Crippen LogP contribution >= 0.6 is 0 Å². The summed E-state index contributed by atoms with van der Waals surface area (Å²) in [6, 6.07) is 59.6. The molecule has 3 heteroatoms. The van der Waals surface area contributed by atoms with Crippen molar-refractivity contribution in [3.8, 4) is 28.0 Å². The van der Waals surface area contributed by atoms with Crippen LogP contribution in [0.25, 0.3) is 22.3 Å². The Morgan fingerprint density at radius 3 is 0.770 bits per heavy atom. The second kappa shape index (κ2) is 61.2. The molecule has 0 aliphatic heterocycles. The van der Waals surface area contributed by atoms with Gasteiger partial charge in [-0.25, -0.2) is 4.39 Å². The van der Waals surface area contributed by atoms with E-state index < -0.39 is 0 Å². The van der Waals surface area contributed by atoms with Gasteiger partial charge in [0.1, 0.15) is 11.6 Å². The standard InChI is InChI=1S/C18H20.C16H28.C15H26.C14H26O.C14H20O.C14H26.C14H20.C14H14.C13H17F/c1-3-4-5-6-16-9-13-18(14-10-16)17-11-7-15(2)8-12-17;1-3-4-14-7-11-16(12-8-14)15-9-5-13(2)6-10-15;1-3-13-6-10-15(11-7-13)14-8-4-12(2)5-9-14;2*1-11-3-5-12(6-4-11)13-7-9-14(15-2)10-8-13;3*1-11-3-7-13(8-4-11)14-9-5-12(2)6-10-14;1-10-2-4-11(5-3-10)12-6-8-13(14)9-7-12/h3-4,7-14H,5-6H2,1-2H3;3-4,13-16H,5-12H2,1-2H3;3,12-15H,1,4-11H2,2H3;11-14H,3-10H2,1-2H3;7-12H,3-6H2,1-2H3;11-14H,3-10H2,1-2H3;3-4,7-8,12,14H,5-6,9-10H2,1-2H3;3-10H,1-2H3;6-11H,2-5H2,1H3/b2*4-3+;;;;;;;. The smallest absolute Gasteiger partial charge is 0.123 e. The first-order valence-corrected chi connectivity index (χ1v) is 56.6. The minimum absolute atomic E-state index is 0.127. The number of aryl methyl sites for hydroxylation is 5. The summed E-state index contributed by atoms with van der Waals surface area (Å²) in [5.41, 5.74) is 16.2. The molecule has 0 spiro atoms. The summed E-state index contributed by atoms with van der Waals surface area (Å²) >= 11 is 0. The second-order valence-electron chi connectivity index (χ2n) is 46.5. The van der Waals surface area contributed by atoms with Gasteiger partial charge < -0.3 is 9.47 Å². The van der Waals surface area contributed by atoms with Crippen molar-refractivity contribution in [2.45, 2.75) is 416 Å². The maximum Gasteiger partial charge on any atom is 0.123 e. The molecule has 0 bridgehead atoms. The Morgan fingerprint density at radius 1 is 0.274 bits per heavy atom. The molecule has 11 fully saturated rings. The number of methoxy groups -OCH3 is 2. The average Bonchev–Trinajstić information content (AvgIpc) is 1.36. The number of rotatable bonds is 16. The fraction of sp³-hybridized carbons (Fsp3) is 0.636. The van der Waals surface area contributed by atoms with Gasteiger partial charge in [-0.1, -0.05) is 356 Å². The summed E-state index contributed by atoms with van der Waals surface area (Å²) in [6.07, 6.45) is 77.8. The fourth-order valence-corrected chi connectivity index (χ4v) is 25.3. The van der Waals surface area contributed by atoms with Gasteiger partial charge in [0, 0.05) is 7.11 Å². The molecular weight excluding hydrogens is 1640 g/mol. The first-order valence-electron chi connectivity index (χ1n) is 56.6. The van der Waals surface area contributed by atoms with Crippen molar-refractivity contribution >= 4 is 0 Å². The molecular formula is C132H197FO2. The summed E-state index contributed by atoms with van der Waals surface area (Å²) in [7, 11) is 3.59. The van der Waals surface area contributed by atoms with E-state index in [1.807, 2.05) is 19.2 Å². The number of benzene rings is 7. The third-order valence-corrected chi connectivity index (χ3v) is 35.6. The minimum Gasteiger partial charge on any atom is -0.497 e. The summed E-state index contributed by atoms with van der Waals surface area (Å²) < 4.78 is 23.3. The van der Waals surface area contributed by atoms with Crippen LogP contribution in [0.2, 0.25) is 0 Å². The Bertz CT molecular complexity index is 4100. The van der Waals surface area contributed by atoms with Crippen LogP contribution in [0.15, 0.2) is 207 Å². The van der Waals surface area contributed by atoms with E-state index in [1.165, 1.54) is 318 Å². The molecule has 0 amide bonds. The average molecular weight is 1840 g/mol. The van der Waals surface area contributed by atoms with Crippen molar-refractivity contribution in [1.82, 2.24) is 0 Å². The number of hydrogen-bond donors (Lipinski definition) is 0. The highest BCUT2D eigenvalue weighted by Gasteiger charge is 2.34. The highest BCUT2D eigenvalue weighted by Crippen LogP contribution is 2.47. The zero-order valence-electron chi connectivity index (χ0n) is 89.2. The van der Waals surface area contributed by atoms with E-state index >= 15 is 0 Å². The topological polar surface area (TPSA) is 18.5 Å². The molecule has 0 atom stereocenters. The lowest BCUT2D eigenvalue weighted by Crippen LogP contribution is -2.27. The molecule has 7 aromatic carbocycles. The van der Waals surface area contributed by atoms with Crippen LogP contribution < -0.4 is 4.74 Å². The maximum absolute atomic E-state index is 12.7. The largest absolute Gasteiger partial charge is 0.497 e. The second-order valence-corrected chi connectivity index (χ2v) is 46.5. The van der Waals surface area contributed by atoms with E-state index in [9.17, 15) is 4.39 Å². The Balaban J connectivity index is 0.000000157. The third-order valence-electron chi connectivity index (χ3n) is 35.6. The minimum atomic E-state index is -0.127. The van der Waals surface area contributed by atoms with Crippen LogP contribution in [0.5, 0.6) is 5.75 Å². The van der Waals surface area contributed by atoms with Gasteiger partial charge in [-0.3, -0.25) is 0 Å². The first-order chi connectivity index (χ1) is 65.5. The predicted octanol–water partition coefficient (Wildman–Crippen LogP) is 40.2. The molecule has 0 heterocycles. The summed E-state index contributed by atoms with van der Waals surface area (Å²) in [4.78, 5) is 0. The van der Waals surface area contributed by atoms with Crippen LogP contribution in [0.4, 0.5) is 4.39 Å². The zero-order valence-corrected chi connectivity index (χ0v) is 89.2. The van der Waals surface area contributed by atoms with Gasteiger partial charge >= 0.3 is 0 Å². The van der Waals surface area contributed by atoms with Gasteiger partial charge in [0.2, 0.25) is 0 Å². The van der Waals surface area contributed by atoms with E-state index in [2.05, 4.69) is 279 Å². The van der Waals surface area contributed by atoms with Crippen LogP contribution in [-0.2, 0) is 11.2 Å². The normalized spacial score (nSPS) is 30.2. The zero-order chi connectivity index (χ0) is 96.1. The van der Waals surface area contributed by atoms with Crippen LogP contribution in [0.1, 0.15) is 420 Å². The van der Waals surface area contributed by atoms with E-state index in [4.69, 9.17) is 9.47 Å². The first kappa shape index (κ1) is 110. The summed E-state index contributed by atoms with van der Waals surface area (Å²) in [6.45, 7) is 35.9. The van der Waals surface area contributed by atoms with E-state index in [1.54, 1.807) is 50.5 Å². The molecule has 744 valence electrons. The lowest BCUT2D eigenvalue weighted by atomic mass is 9.69. The molecule has 11 aliphatic carbocycles. The van der Waals surface area contributed by atoms with E-state index in [0.29, 0.717) is 12.0 Å². The molecule has 0 aromatic heterocycles. The van der Waals surface area contributed by atoms with Crippen LogP contribution in [0.3, 0.4) is 0 Å².